The number of anilines is 3. The van der Waals surface area contributed by atoms with E-state index >= 15 is 0 Å². The second-order valence-corrected chi connectivity index (χ2v) is 5.97. The molecule has 27 heavy (non-hydrogen) atoms. The Morgan fingerprint density at radius 1 is 1.15 bits per heavy atom. The van der Waals surface area contributed by atoms with Crippen molar-refractivity contribution < 1.29 is 23.1 Å². The molecule has 2 amide bonds. The first-order valence-electron chi connectivity index (χ1n) is 8.51. The number of alkyl halides is 2. The van der Waals surface area contributed by atoms with Crippen LogP contribution in [0.25, 0.3) is 0 Å². The van der Waals surface area contributed by atoms with E-state index in [1.165, 1.54) is 18.2 Å². The topological polar surface area (TPSA) is 70.7 Å². The van der Waals surface area contributed by atoms with E-state index in [0.29, 0.717) is 18.7 Å². The molecule has 1 saturated heterocycles. The number of amides is 2. The average Bonchev–Trinajstić information content (AvgIpc) is 3.08. The lowest BCUT2D eigenvalue weighted by molar-refractivity contribution is -0.117. The maximum atomic E-state index is 12.4. The van der Waals surface area contributed by atoms with Crippen LogP contribution in [0.1, 0.15) is 12.8 Å². The van der Waals surface area contributed by atoms with Gasteiger partial charge in [-0.05, 0) is 42.8 Å². The smallest absolute Gasteiger partial charge is 0.387 e. The molecule has 1 aliphatic rings. The Labute approximate surface area is 155 Å². The lowest BCUT2D eigenvalue weighted by atomic mass is 10.2. The fourth-order valence-corrected chi connectivity index (χ4v) is 2.83. The first kappa shape index (κ1) is 18.6. The third-order valence-corrected chi connectivity index (χ3v) is 4.08. The molecule has 142 valence electrons. The van der Waals surface area contributed by atoms with Gasteiger partial charge < -0.3 is 20.3 Å². The number of carbonyl (C=O) groups is 2. The Morgan fingerprint density at radius 3 is 2.56 bits per heavy atom. The van der Waals surface area contributed by atoms with Gasteiger partial charge in [-0.3, -0.25) is 9.59 Å². The maximum absolute atomic E-state index is 12.4. The number of benzene rings is 2. The molecule has 2 aromatic carbocycles. The summed E-state index contributed by atoms with van der Waals surface area (Å²) in [6, 6.07) is 13.2. The molecule has 1 fully saturated rings. The monoisotopic (exact) mass is 375 g/mol. The molecule has 0 spiro atoms. The van der Waals surface area contributed by atoms with E-state index in [1.54, 1.807) is 23.1 Å². The Bertz CT molecular complexity index is 812. The van der Waals surface area contributed by atoms with Crippen molar-refractivity contribution in [3.63, 3.8) is 0 Å². The van der Waals surface area contributed by atoms with Gasteiger partial charge in [0.2, 0.25) is 11.8 Å². The predicted molar refractivity (Wildman–Crippen MR) is 98.2 cm³/mol. The van der Waals surface area contributed by atoms with Gasteiger partial charge in [0.15, 0.2) is 0 Å². The second-order valence-electron chi connectivity index (χ2n) is 5.97. The van der Waals surface area contributed by atoms with Crippen LogP contribution in [-0.4, -0.2) is 31.5 Å². The van der Waals surface area contributed by atoms with E-state index in [1.807, 2.05) is 12.1 Å². The van der Waals surface area contributed by atoms with Gasteiger partial charge in [-0.1, -0.05) is 12.1 Å². The summed E-state index contributed by atoms with van der Waals surface area (Å²) in [5.74, 6) is -0.389. The minimum atomic E-state index is -2.97. The largest absolute Gasteiger partial charge is 0.433 e. The highest BCUT2D eigenvalue weighted by molar-refractivity contribution is 5.96. The molecule has 6 nitrogen and oxygen atoms in total. The highest BCUT2D eigenvalue weighted by Gasteiger charge is 2.21. The fourth-order valence-electron chi connectivity index (χ4n) is 2.83. The van der Waals surface area contributed by atoms with Gasteiger partial charge in [0, 0.05) is 24.3 Å². The van der Waals surface area contributed by atoms with Crippen LogP contribution >= 0.6 is 0 Å². The first-order valence-corrected chi connectivity index (χ1v) is 8.51. The summed E-state index contributed by atoms with van der Waals surface area (Å²) in [7, 11) is 0. The number of para-hydroxylation sites is 2. The number of ether oxygens (including phenoxy) is 1. The Balaban J connectivity index is 1.54. The van der Waals surface area contributed by atoms with Crippen molar-refractivity contribution in [1.82, 2.24) is 0 Å². The molecule has 8 heteroatoms. The number of rotatable bonds is 7. The van der Waals surface area contributed by atoms with Gasteiger partial charge in [0.25, 0.3) is 0 Å². The van der Waals surface area contributed by atoms with Crippen LogP contribution in [0.5, 0.6) is 5.75 Å². The maximum Gasteiger partial charge on any atom is 0.387 e. The van der Waals surface area contributed by atoms with Gasteiger partial charge in [-0.25, -0.2) is 0 Å². The first-order chi connectivity index (χ1) is 13.0. The number of nitrogens with zero attached hydrogens (tertiary/aromatic N) is 1. The zero-order valence-corrected chi connectivity index (χ0v) is 14.5. The minimum Gasteiger partial charge on any atom is -0.433 e. The average molecular weight is 375 g/mol. The van der Waals surface area contributed by atoms with Crippen molar-refractivity contribution in [3.8, 4) is 5.75 Å². The second kappa shape index (κ2) is 8.48. The molecule has 1 heterocycles. The van der Waals surface area contributed by atoms with Crippen LogP contribution in [0.4, 0.5) is 25.8 Å². The molecule has 2 aromatic rings. The van der Waals surface area contributed by atoms with Gasteiger partial charge in [-0.2, -0.15) is 8.78 Å². The van der Waals surface area contributed by atoms with E-state index < -0.39 is 12.5 Å². The molecule has 1 aliphatic heterocycles. The lowest BCUT2D eigenvalue weighted by Crippen LogP contribution is -2.24. The normalized spacial score (nSPS) is 13.7. The van der Waals surface area contributed by atoms with Crippen LogP contribution in [0, 0.1) is 0 Å². The van der Waals surface area contributed by atoms with Crippen LogP contribution in [0.3, 0.4) is 0 Å². The summed E-state index contributed by atoms with van der Waals surface area (Å²) < 4.78 is 29.2. The molecule has 0 atom stereocenters. The molecule has 0 saturated carbocycles. The number of hydrogen-bond acceptors (Lipinski definition) is 4. The quantitative estimate of drug-likeness (QED) is 0.778. The molecule has 0 radical (unpaired) electrons. The number of hydrogen-bond donors (Lipinski definition) is 2. The van der Waals surface area contributed by atoms with Crippen molar-refractivity contribution in [2.45, 2.75) is 19.5 Å². The lowest BCUT2D eigenvalue weighted by Gasteiger charge is -2.16. The van der Waals surface area contributed by atoms with Crippen LogP contribution < -0.4 is 20.3 Å². The Morgan fingerprint density at radius 2 is 1.89 bits per heavy atom. The third-order valence-electron chi connectivity index (χ3n) is 4.08. The molecular formula is C19H19F2N3O3. The van der Waals surface area contributed by atoms with Crippen LogP contribution in [0.15, 0.2) is 48.5 Å². The molecular weight excluding hydrogens is 356 g/mol. The predicted octanol–water partition coefficient (Wildman–Crippen LogP) is 3.47. The van der Waals surface area contributed by atoms with E-state index in [0.717, 1.165) is 12.1 Å². The van der Waals surface area contributed by atoms with E-state index in [2.05, 4.69) is 15.4 Å². The SMILES string of the molecule is O=C(CNc1ccc(N2CCCC2=O)cc1)Nc1ccccc1OC(F)F. The van der Waals surface area contributed by atoms with Crippen molar-refractivity contribution in [2.24, 2.45) is 0 Å². The molecule has 0 bridgehead atoms. The number of nitrogens with one attached hydrogen (secondary N) is 2. The van der Waals surface area contributed by atoms with Crippen molar-refractivity contribution in [1.29, 1.82) is 0 Å². The summed E-state index contributed by atoms with van der Waals surface area (Å²) in [6.45, 7) is -2.30. The van der Waals surface area contributed by atoms with E-state index in [4.69, 9.17) is 0 Å². The molecule has 0 aromatic heterocycles. The Hall–Kier alpha value is -3.16. The van der Waals surface area contributed by atoms with Crippen LogP contribution in [-0.2, 0) is 9.59 Å². The van der Waals surface area contributed by atoms with Crippen molar-refractivity contribution in [2.75, 3.05) is 28.6 Å². The minimum absolute atomic E-state index is 0.0506. The number of halogens is 2. The summed E-state index contributed by atoms with van der Waals surface area (Å²) in [5.41, 5.74) is 1.70. The van der Waals surface area contributed by atoms with Crippen LogP contribution in [0.2, 0.25) is 0 Å². The summed E-state index contributed by atoms with van der Waals surface area (Å²) in [4.78, 5) is 25.5. The highest BCUT2D eigenvalue weighted by Crippen LogP contribution is 2.26. The Kier molecular flexibility index (Phi) is 5.85. The molecule has 2 N–H and O–H groups in total. The highest BCUT2D eigenvalue weighted by atomic mass is 19.3. The van der Waals surface area contributed by atoms with Crippen molar-refractivity contribution in [3.05, 3.63) is 48.5 Å². The van der Waals surface area contributed by atoms with Gasteiger partial charge in [0.05, 0.1) is 12.2 Å². The van der Waals surface area contributed by atoms with E-state index in [-0.39, 0.29) is 23.9 Å². The van der Waals surface area contributed by atoms with Crippen molar-refractivity contribution >= 4 is 28.9 Å². The molecule has 0 unspecified atom stereocenters. The molecule has 3 rings (SSSR count). The fraction of sp³-hybridized carbons (Fsp3) is 0.263. The standard InChI is InChI=1S/C19H19F2N3O3/c20-19(21)27-16-5-2-1-4-15(16)23-17(25)12-22-13-7-9-14(10-8-13)24-11-3-6-18(24)26/h1-2,4-5,7-10,19,22H,3,6,11-12H2,(H,23,25). The van der Waals surface area contributed by atoms with Gasteiger partial charge >= 0.3 is 6.61 Å². The molecule has 0 aliphatic carbocycles. The zero-order valence-electron chi connectivity index (χ0n) is 14.5. The van der Waals surface area contributed by atoms with E-state index in [9.17, 15) is 18.4 Å². The zero-order chi connectivity index (χ0) is 19.2. The number of carbonyl (C=O) groups excluding carboxylic acids is 2. The van der Waals surface area contributed by atoms with Gasteiger partial charge in [0.1, 0.15) is 5.75 Å². The third kappa shape index (κ3) is 4.93. The van der Waals surface area contributed by atoms with Gasteiger partial charge in [-0.15, -0.1) is 0 Å². The summed E-state index contributed by atoms with van der Waals surface area (Å²) in [5, 5.41) is 5.48. The summed E-state index contributed by atoms with van der Waals surface area (Å²) in [6.07, 6.45) is 1.42. The summed E-state index contributed by atoms with van der Waals surface area (Å²) >= 11 is 0.